The van der Waals surface area contributed by atoms with Gasteiger partial charge in [0.05, 0.1) is 0 Å². The van der Waals surface area contributed by atoms with Crippen LogP contribution in [-0.2, 0) is 11.3 Å². The van der Waals surface area contributed by atoms with Gasteiger partial charge in [-0.3, -0.25) is 9.69 Å². The zero-order chi connectivity index (χ0) is 14.7. The summed E-state index contributed by atoms with van der Waals surface area (Å²) >= 11 is 0. The fourth-order valence-corrected chi connectivity index (χ4v) is 2.58. The summed E-state index contributed by atoms with van der Waals surface area (Å²) in [6.07, 6.45) is 1.62. The molecule has 1 saturated heterocycles. The molecule has 1 atom stereocenters. The van der Waals surface area contributed by atoms with Crippen molar-refractivity contribution in [2.45, 2.75) is 25.8 Å². The third-order valence-corrected chi connectivity index (χ3v) is 3.59. The second-order valence-electron chi connectivity index (χ2n) is 5.20. The highest BCUT2D eigenvalue weighted by Crippen LogP contribution is 2.23. The highest BCUT2D eigenvalue weighted by molar-refractivity contribution is 5.66. The molecule has 1 N–H and O–H groups in total. The van der Waals surface area contributed by atoms with Gasteiger partial charge in [-0.1, -0.05) is 0 Å². The third-order valence-electron chi connectivity index (χ3n) is 3.59. The monoisotopic (exact) mass is 287 g/mol. The maximum Gasteiger partial charge on any atom is 0.303 e. The second-order valence-corrected chi connectivity index (χ2v) is 5.20. The molecule has 0 radical (unpaired) electrons. The molecule has 1 aromatic rings. The van der Waals surface area contributed by atoms with Gasteiger partial charge in [-0.15, -0.1) is 0 Å². The van der Waals surface area contributed by atoms with E-state index in [1.54, 1.807) is 0 Å². The predicted octanol–water partition coefficient (Wildman–Crippen LogP) is 2.79. The van der Waals surface area contributed by atoms with Crippen LogP contribution in [-0.4, -0.2) is 29.1 Å². The molecule has 1 heterocycles. The Labute approximate surface area is 115 Å². The quantitative estimate of drug-likeness (QED) is 0.847. The standard InChI is InChI=1S/C14H16F3NO2/c15-11-5-10(6-12(16)14(11)17)8-18-4-3-9(7-18)1-2-13(19)20/h5-6,9H,1-4,7-8H2,(H,19,20). The fraction of sp³-hybridized carbons (Fsp3) is 0.500. The first-order chi connectivity index (χ1) is 9.45. The van der Waals surface area contributed by atoms with Gasteiger partial charge in [0, 0.05) is 19.5 Å². The van der Waals surface area contributed by atoms with E-state index in [4.69, 9.17) is 5.11 Å². The van der Waals surface area contributed by atoms with Crippen molar-refractivity contribution in [2.24, 2.45) is 5.92 Å². The summed E-state index contributed by atoms with van der Waals surface area (Å²) in [5.41, 5.74) is 0.389. The Bertz CT molecular complexity index is 484. The van der Waals surface area contributed by atoms with Crippen molar-refractivity contribution in [1.82, 2.24) is 4.90 Å². The van der Waals surface area contributed by atoms with Crippen LogP contribution in [0.3, 0.4) is 0 Å². The lowest BCUT2D eigenvalue weighted by Gasteiger charge is -2.16. The number of carbonyl (C=O) groups is 1. The molecular formula is C14H16F3NO2. The molecule has 1 fully saturated rings. The van der Waals surface area contributed by atoms with Crippen molar-refractivity contribution in [3.05, 3.63) is 35.1 Å². The normalized spacial score (nSPS) is 19.4. The molecule has 1 aliphatic heterocycles. The van der Waals surface area contributed by atoms with Crippen molar-refractivity contribution in [2.75, 3.05) is 13.1 Å². The van der Waals surface area contributed by atoms with Gasteiger partial charge in [0.25, 0.3) is 0 Å². The van der Waals surface area contributed by atoms with Crippen LogP contribution in [0.1, 0.15) is 24.8 Å². The van der Waals surface area contributed by atoms with E-state index < -0.39 is 23.4 Å². The molecule has 2 rings (SSSR count). The molecule has 0 saturated carbocycles. The molecule has 0 aromatic heterocycles. The molecule has 0 amide bonds. The van der Waals surface area contributed by atoms with Crippen LogP contribution in [0.5, 0.6) is 0 Å². The maximum absolute atomic E-state index is 13.1. The summed E-state index contributed by atoms with van der Waals surface area (Å²) in [5.74, 6) is -4.33. The van der Waals surface area contributed by atoms with Gasteiger partial charge >= 0.3 is 5.97 Å². The molecule has 20 heavy (non-hydrogen) atoms. The zero-order valence-corrected chi connectivity index (χ0v) is 10.9. The molecule has 0 aliphatic carbocycles. The van der Waals surface area contributed by atoms with E-state index in [1.165, 1.54) is 0 Å². The van der Waals surface area contributed by atoms with E-state index in [0.717, 1.165) is 25.1 Å². The van der Waals surface area contributed by atoms with Crippen LogP contribution < -0.4 is 0 Å². The summed E-state index contributed by atoms with van der Waals surface area (Å²) < 4.78 is 39.0. The van der Waals surface area contributed by atoms with E-state index in [2.05, 4.69) is 0 Å². The molecule has 110 valence electrons. The Morgan fingerprint density at radius 3 is 2.55 bits per heavy atom. The topological polar surface area (TPSA) is 40.5 Å². The molecular weight excluding hydrogens is 271 g/mol. The Balaban J connectivity index is 1.90. The minimum atomic E-state index is -1.45. The van der Waals surface area contributed by atoms with Gasteiger partial charge in [0.15, 0.2) is 17.5 Å². The minimum Gasteiger partial charge on any atom is -0.481 e. The largest absolute Gasteiger partial charge is 0.481 e. The lowest BCUT2D eigenvalue weighted by Crippen LogP contribution is -2.20. The van der Waals surface area contributed by atoms with Gasteiger partial charge in [-0.2, -0.15) is 0 Å². The first kappa shape index (κ1) is 14.8. The van der Waals surface area contributed by atoms with Crippen molar-refractivity contribution in [3.8, 4) is 0 Å². The van der Waals surface area contributed by atoms with Crippen molar-refractivity contribution in [1.29, 1.82) is 0 Å². The average Bonchev–Trinajstić information content (AvgIpc) is 2.81. The lowest BCUT2D eigenvalue weighted by atomic mass is 10.0. The summed E-state index contributed by atoms with van der Waals surface area (Å²) in [7, 11) is 0. The maximum atomic E-state index is 13.1. The van der Waals surface area contributed by atoms with Crippen molar-refractivity contribution in [3.63, 3.8) is 0 Å². The van der Waals surface area contributed by atoms with E-state index in [9.17, 15) is 18.0 Å². The predicted molar refractivity (Wildman–Crippen MR) is 66.6 cm³/mol. The molecule has 3 nitrogen and oxygen atoms in total. The number of halogens is 3. The summed E-state index contributed by atoms with van der Waals surface area (Å²) in [5, 5.41) is 8.63. The Kier molecular flexibility index (Phi) is 4.65. The van der Waals surface area contributed by atoms with E-state index in [-0.39, 0.29) is 6.42 Å². The highest BCUT2D eigenvalue weighted by atomic mass is 19.2. The lowest BCUT2D eigenvalue weighted by molar-refractivity contribution is -0.137. The van der Waals surface area contributed by atoms with E-state index in [0.29, 0.717) is 31.0 Å². The minimum absolute atomic E-state index is 0.137. The number of aliphatic carboxylic acids is 1. The molecule has 1 unspecified atom stereocenters. The molecule has 0 spiro atoms. The molecule has 0 bridgehead atoms. The first-order valence-electron chi connectivity index (χ1n) is 6.53. The number of carboxylic acid groups (broad SMARTS) is 1. The Hall–Kier alpha value is -1.56. The Morgan fingerprint density at radius 2 is 1.95 bits per heavy atom. The molecule has 6 heteroatoms. The van der Waals surface area contributed by atoms with Crippen LogP contribution in [0.2, 0.25) is 0 Å². The summed E-state index contributed by atoms with van der Waals surface area (Å²) in [4.78, 5) is 12.5. The highest BCUT2D eigenvalue weighted by Gasteiger charge is 2.23. The number of hydrogen-bond acceptors (Lipinski definition) is 2. The average molecular weight is 287 g/mol. The van der Waals surface area contributed by atoms with Crippen molar-refractivity contribution >= 4 is 5.97 Å². The second kappa shape index (κ2) is 6.26. The van der Waals surface area contributed by atoms with Gasteiger partial charge in [0.2, 0.25) is 0 Å². The number of benzene rings is 1. The third kappa shape index (κ3) is 3.72. The van der Waals surface area contributed by atoms with Crippen LogP contribution in [0.4, 0.5) is 13.2 Å². The van der Waals surface area contributed by atoms with Crippen LogP contribution in [0.25, 0.3) is 0 Å². The van der Waals surface area contributed by atoms with Crippen LogP contribution in [0, 0.1) is 23.4 Å². The Morgan fingerprint density at radius 1 is 1.30 bits per heavy atom. The van der Waals surface area contributed by atoms with Crippen LogP contribution >= 0.6 is 0 Å². The molecule has 1 aromatic carbocycles. The van der Waals surface area contributed by atoms with Gasteiger partial charge < -0.3 is 5.11 Å². The number of carboxylic acids is 1. The SMILES string of the molecule is O=C(O)CCC1CCN(Cc2cc(F)c(F)c(F)c2)C1. The number of likely N-dealkylation sites (tertiary alicyclic amines) is 1. The zero-order valence-electron chi connectivity index (χ0n) is 10.9. The van der Waals surface area contributed by atoms with Gasteiger partial charge in [0.1, 0.15) is 0 Å². The summed E-state index contributed by atoms with van der Waals surface area (Å²) in [6.45, 7) is 1.80. The van der Waals surface area contributed by atoms with Gasteiger partial charge in [-0.25, -0.2) is 13.2 Å². The number of rotatable bonds is 5. The van der Waals surface area contributed by atoms with E-state index >= 15 is 0 Å². The van der Waals surface area contributed by atoms with Gasteiger partial charge in [-0.05, 0) is 43.0 Å². The molecule has 1 aliphatic rings. The fourth-order valence-electron chi connectivity index (χ4n) is 2.58. The number of hydrogen-bond donors (Lipinski definition) is 1. The smallest absolute Gasteiger partial charge is 0.303 e. The summed E-state index contributed by atoms with van der Waals surface area (Å²) in [6, 6.07) is 2.01. The van der Waals surface area contributed by atoms with E-state index in [1.807, 2.05) is 4.90 Å². The van der Waals surface area contributed by atoms with Crippen LogP contribution in [0.15, 0.2) is 12.1 Å². The van der Waals surface area contributed by atoms with Crippen molar-refractivity contribution < 1.29 is 23.1 Å². The first-order valence-corrected chi connectivity index (χ1v) is 6.53. The number of nitrogens with zero attached hydrogens (tertiary/aromatic N) is 1.